The average molecular weight is 250 g/mol. The summed E-state index contributed by atoms with van der Waals surface area (Å²) in [6.07, 6.45) is 0.0500. The van der Waals surface area contributed by atoms with Crippen LogP contribution in [0.2, 0.25) is 0 Å². The van der Waals surface area contributed by atoms with Crippen LogP contribution in [-0.2, 0) is 9.47 Å². The first-order valence-corrected chi connectivity index (χ1v) is 6.35. The van der Waals surface area contributed by atoms with Crippen LogP contribution >= 0.6 is 0 Å². The quantitative estimate of drug-likeness (QED) is 0.768. The van der Waals surface area contributed by atoms with E-state index in [-0.39, 0.29) is 18.5 Å². The molecule has 1 aromatic rings. The van der Waals surface area contributed by atoms with Gasteiger partial charge < -0.3 is 18.9 Å². The van der Waals surface area contributed by atoms with Crippen molar-refractivity contribution in [3.63, 3.8) is 0 Å². The summed E-state index contributed by atoms with van der Waals surface area (Å²) in [5, 5.41) is 0. The minimum absolute atomic E-state index is 0.0400. The summed E-state index contributed by atoms with van der Waals surface area (Å²) in [5.41, 5.74) is 1.12. The van der Waals surface area contributed by atoms with Gasteiger partial charge in [-0.3, -0.25) is 0 Å². The number of ether oxygens (including phenoxy) is 4. The van der Waals surface area contributed by atoms with Crippen molar-refractivity contribution in [2.45, 2.75) is 39.3 Å². The lowest BCUT2D eigenvalue weighted by Gasteiger charge is -2.38. The average Bonchev–Trinajstić information content (AvgIpc) is 2.80. The second-order valence-electron chi connectivity index (χ2n) is 4.94. The molecule has 0 saturated carbocycles. The third kappa shape index (κ3) is 1.95. The Labute approximate surface area is 107 Å². The summed E-state index contributed by atoms with van der Waals surface area (Å²) in [6, 6.07) is 5.99. The Morgan fingerprint density at radius 1 is 1.00 bits per heavy atom. The van der Waals surface area contributed by atoms with Crippen LogP contribution in [0.3, 0.4) is 0 Å². The van der Waals surface area contributed by atoms with E-state index in [0.29, 0.717) is 12.7 Å². The van der Waals surface area contributed by atoms with Gasteiger partial charge in [0, 0.05) is 5.92 Å². The second-order valence-corrected chi connectivity index (χ2v) is 4.94. The molecule has 18 heavy (non-hydrogen) atoms. The molecule has 0 unspecified atom stereocenters. The fourth-order valence-corrected chi connectivity index (χ4v) is 2.51. The van der Waals surface area contributed by atoms with Crippen molar-refractivity contribution >= 4 is 0 Å². The minimum Gasteiger partial charge on any atom is -0.454 e. The summed E-state index contributed by atoms with van der Waals surface area (Å²) in [4.78, 5) is 0. The molecule has 2 heterocycles. The fourth-order valence-electron chi connectivity index (χ4n) is 2.51. The lowest BCUT2D eigenvalue weighted by molar-refractivity contribution is -0.256. The summed E-state index contributed by atoms with van der Waals surface area (Å²) in [5.74, 6) is 1.91. The first-order valence-electron chi connectivity index (χ1n) is 6.35. The molecule has 1 aromatic carbocycles. The molecule has 2 aliphatic heterocycles. The Morgan fingerprint density at radius 2 is 1.78 bits per heavy atom. The molecule has 3 rings (SSSR count). The zero-order chi connectivity index (χ0) is 12.7. The zero-order valence-electron chi connectivity index (χ0n) is 10.9. The largest absolute Gasteiger partial charge is 0.454 e. The number of fused-ring (bicyclic) bond motifs is 1. The van der Waals surface area contributed by atoms with Crippen molar-refractivity contribution < 1.29 is 18.9 Å². The predicted octanol–water partition coefficient (Wildman–Crippen LogP) is 2.87. The van der Waals surface area contributed by atoms with Crippen LogP contribution in [-0.4, -0.2) is 19.2 Å². The molecule has 1 fully saturated rings. The van der Waals surface area contributed by atoms with Crippen LogP contribution in [0.5, 0.6) is 11.5 Å². The molecule has 4 atom stereocenters. The van der Waals surface area contributed by atoms with Crippen LogP contribution in [0.15, 0.2) is 18.2 Å². The predicted molar refractivity (Wildman–Crippen MR) is 65.6 cm³/mol. The molecule has 0 radical (unpaired) electrons. The highest BCUT2D eigenvalue weighted by molar-refractivity contribution is 5.45. The Kier molecular flexibility index (Phi) is 2.92. The molecular weight excluding hydrogens is 232 g/mol. The standard InChI is InChI=1S/C14H18O4/c1-8-9(2)17-10(3)18-14(8)11-4-5-12-13(6-11)16-7-15-12/h4-6,8-10,14H,7H2,1-3H3/t8-,9+,10+,14+/m0/s1. The number of hydrogen-bond acceptors (Lipinski definition) is 4. The van der Waals surface area contributed by atoms with Crippen molar-refractivity contribution in [1.29, 1.82) is 0 Å². The molecule has 0 N–H and O–H groups in total. The molecular formula is C14H18O4. The van der Waals surface area contributed by atoms with E-state index in [1.807, 2.05) is 25.1 Å². The van der Waals surface area contributed by atoms with Crippen LogP contribution in [0.4, 0.5) is 0 Å². The van der Waals surface area contributed by atoms with Gasteiger partial charge in [0.25, 0.3) is 0 Å². The lowest BCUT2D eigenvalue weighted by Crippen LogP contribution is -2.37. The van der Waals surface area contributed by atoms with Gasteiger partial charge in [-0.15, -0.1) is 0 Å². The van der Waals surface area contributed by atoms with Crippen molar-refractivity contribution in [2.75, 3.05) is 6.79 Å². The van der Waals surface area contributed by atoms with E-state index in [2.05, 4.69) is 13.8 Å². The van der Waals surface area contributed by atoms with Crippen molar-refractivity contribution in [3.05, 3.63) is 23.8 Å². The Hall–Kier alpha value is -1.26. The summed E-state index contributed by atoms with van der Waals surface area (Å²) in [6.45, 7) is 6.47. The first-order chi connectivity index (χ1) is 8.65. The molecule has 0 aromatic heterocycles. The summed E-state index contributed by atoms with van der Waals surface area (Å²) < 4.78 is 22.3. The Bertz CT molecular complexity index is 445. The molecule has 0 amide bonds. The number of benzene rings is 1. The monoisotopic (exact) mass is 250 g/mol. The van der Waals surface area contributed by atoms with E-state index in [4.69, 9.17) is 18.9 Å². The van der Waals surface area contributed by atoms with E-state index >= 15 is 0 Å². The third-order valence-electron chi connectivity index (χ3n) is 3.69. The van der Waals surface area contributed by atoms with Crippen LogP contribution < -0.4 is 9.47 Å². The van der Waals surface area contributed by atoms with Gasteiger partial charge in [-0.1, -0.05) is 13.0 Å². The molecule has 98 valence electrons. The van der Waals surface area contributed by atoms with E-state index in [9.17, 15) is 0 Å². The normalized spacial score (nSPS) is 34.6. The highest BCUT2D eigenvalue weighted by Crippen LogP contribution is 2.40. The highest BCUT2D eigenvalue weighted by Gasteiger charge is 2.34. The van der Waals surface area contributed by atoms with Crippen molar-refractivity contribution in [2.24, 2.45) is 5.92 Å². The number of hydrogen-bond donors (Lipinski definition) is 0. The molecule has 1 saturated heterocycles. The highest BCUT2D eigenvalue weighted by atomic mass is 16.7. The van der Waals surface area contributed by atoms with E-state index in [1.54, 1.807) is 0 Å². The van der Waals surface area contributed by atoms with Gasteiger partial charge in [-0.25, -0.2) is 0 Å². The fraction of sp³-hybridized carbons (Fsp3) is 0.571. The van der Waals surface area contributed by atoms with Gasteiger partial charge in [-0.05, 0) is 31.5 Å². The third-order valence-corrected chi connectivity index (χ3v) is 3.69. The SMILES string of the molecule is C[C@@H]1O[C@H](C)[C@H](C)[C@H](c2ccc3c(c2)OCO3)O1. The van der Waals surface area contributed by atoms with Gasteiger partial charge >= 0.3 is 0 Å². The van der Waals surface area contributed by atoms with E-state index < -0.39 is 0 Å². The maximum absolute atomic E-state index is 5.90. The second kappa shape index (κ2) is 4.44. The molecule has 4 heteroatoms. The maximum atomic E-state index is 5.90. The summed E-state index contributed by atoms with van der Waals surface area (Å²) in [7, 11) is 0. The van der Waals surface area contributed by atoms with Gasteiger partial charge in [0.2, 0.25) is 6.79 Å². The maximum Gasteiger partial charge on any atom is 0.231 e. The number of rotatable bonds is 1. The van der Waals surface area contributed by atoms with Crippen LogP contribution in [0, 0.1) is 5.92 Å². The summed E-state index contributed by atoms with van der Waals surface area (Å²) >= 11 is 0. The van der Waals surface area contributed by atoms with Crippen molar-refractivity contribution in [1.82, 2.24) is 0 Å². The van der Waals surface area contributed by atoms with Crippen LogP contribution in [0.25, 0.3) is 0 Å². The Morgan fingerprint density at radius 3 is 2.61 bits per heavy atom. The molecule has 4 nitrogen and oxygen atoms in total. The molecule has 0 spiro atoms. The smallest absolute Gasteiger partial charge is 0.231 e. The van der Waals surface area contributed by atoms with Gasteiger partial charge in [0.15, 0.2) is 17.8 Å². The zero-order valence-corrected chi connectivity index (χ0v) is 10.9. The molecule has 2 aliphatic rings. The van der Waals surface area contributed by atoms with E-state index in [1.165, 1.54) is 0 Å². The molecule has 0 aliphatic carbocycles. The van der Waals surface area contributed by atoms with Gasteiger partial charge in [0.1, 0.15) is 0 Å². The first kappa shape index (κ1) is 11.8. The van der Waals surface area contributed by atoms with Gasteiger partial charge in [-0.2, -0.15) is 0 Å². The topological polar surface area (TPSA) is 36.9 Å². The van der Waals surface area contributed by atoms with Crippen molar-refractivity contribution in [3.8, 4) is 11.5 Å². The minimum atomic E-state index is -0.174. The van der Waals surface area contributed by atoms with Crippen LogP contribution in [0.1, 0.15) is 32.4 Å². The van der Waals surface area contributed by atoms with Gasteiger partial charge in [0.05, 0.1) is 12.2 Å². The molecule has 0 bridgehead atoms. The van der Waals surface area contributed by atoms with E-state index in [0.717, 1.165) is 17.1 Å². The Balaban J connectivity index is 1.89. The lowest BCUT2D eigenvalue weighted by atomic mass is 9.92.